The van der Waals surface area contributed by atoms with E-state index in [4.69, 9.17) is 9.47 Å². The number of ketones is 1. The van der Waals surface area contributed by atoms with Crippen molar-refractivity contribution in [2.75, 3.05) is 19.7 Å². The fourth-order valence-electron chi connectivity index (χ4n) is 2.91. The normalized spacial score (nSPS) is 22.0. The van der Waals surface area contributed by atoms with Crippen LogP contribution in [-0.4, -0.2) is 41.5 Å². The van der Waals surface area contributed by atoms with Crippen LogP contribution in [-0.2, 0) is 9.53 Å². The quantitative estimate of drug-likeness (QED) is 0.679. The zero-order chi connectivity index (χ0) is 16.4. The summed E-state index contributed by atoms with van der Waals surface area (Å²) in [6, 6.07) is 4.43. The highest BCUT2D eigenvalue weighted by molar-refractivity contribution is 6.12. The Morgan fingerprint density at radius 3 is 3.13 bits per heavy atom. The van der Waals surface area contributed by atoms with E-state index in [1.54, 1.807) is 19.2 Å². The Bertz CT molecular complexity index is 667. The fourth-order valence-corrected chi connectivity index (χ4v) is 2.91. The van der Waals surface area contributed by atoms with Gasteiger partial charge in [-0.15, -0.1) is 0 Å². The Balaban J connectivity index is 1.72. The van der Waals surface area contributed by atoms with Crippen molar-refractivity contribution in [3.8, 4) is 11.5 Å². The van der Waals surface area contributed by atoms with Gasteiger partial charge in [0.1, 0.15) is 11.5 Å². The molecule has 0 amide bonds. The maximum atomic E-state index is 12.3. The van der Waals surface area contributed by atoms with Crippen molar-refractivity contribution in [1.82, 2.24) is 4.90 Å². The molecule has 3 rings (SSSR count). The monoisotopic (exact) mass is 317 g/mol. The van der Waals surface area contributed by atoms with Crippen LogP contribution in [0.25, 0.3) is 0 Å². The van der Waals surface area contributed by atoms with E-state index in [1.165, 1.54) is 12.1 Å². The molecule has 1 saturated heterocycles. The second-order valence-corrected chi connectivity index (χ2v) is 5.69. The van der Waals surface area contributed by atoms with Crippen LogP contribution in [0.2, 0.25) is 0 Å². The maximum absolute atomic E-state index is 12.3. The number of benzene rings is 1. The number of piperidine rings is 1. The van der Waals surface area contributed by atoms with Crippen LogP contribution in [0.3, 0.4) is 0 Å². The SMILES string of the molecule is CCOC(=O)[C@@H]1CCCN(/C=C2\Oc3cc(O)ccc3C2=O)C1. The molecule has 2 heterocycles. The van der Waals surface area contributed by atoms with Crippen molar-refractivity contribution in [1.29, 1.82) is 0 Å². The number of Topliss-reactive ketones (excluding diaryl/α,β-unsaturated/α-hetero) is 1. The molecule has 1 aromatic rings. The molecule has 1 aromatic carbocycles. The van der Waals surface area contributed by atoms with E-state index in [0.29, 0.717) is 24.5 Å². The first-order chi connectivity index (χ1) is 11.1. The van der Waals surface area contributed by atoms with Crippen molar-refractivity contribution in [3.63, 3.8) is 0 Å². The van der Waals surface area contributed by atoms with Gasteiger partial charge in [0.25, 0.3) is 0 Å². The lowest BCUT2D eigenvalue weighted by Gasteiger charge is -2.30. The smallest absolute Gasteiger partial charge is 0.310 e. The lowest BCUT2D eigenvalue weighted by atomic mass is 9.98. The summed E-state index contributed by atoms with van der Waals surface area (Å²) in [5, 5.41) is 9.46. The minimum Gasteiger partial charge on any atom is -0.508 e. The number of carbonyl (C=O) groups excluding carboxylic acids is 2. The van der Waals surface area contributed by atoms with Crippen LogP contribution in [0.4, 0.5) is 0 Å². The summed E-state index contributed by atoms with van der Waals surface area (Å²) in [5.74, 6) is 0.0534. The van der Waals surface area contributed by atoms with Gasteiger partial charge in [-0.2, -0.15) is 0 Å². The van der Waals surface area contributed by atoms with Crippen molar-refractivity contribution >= 4 is 11.8 Å². The zero-order valence-corrected chi connectivity index (χ0v) is 12.9. The van der Waals surface area contributed by atoms with Gasteiger partial charge in [0, 0.05) is 25.4 Å². The summed E-state index contributed by atoms with van der Waals surface area (Å²) in [5.41, 5.74) is 0.438. The van der Waals surface area contributed by atoms with Gasteiger partial charge in [0.05, 0.1) is 18.1 Å². The summed E-state index contributed by atoms with van der Waals surface area (Å²) < 4.78 is 10.6. The zero-order valence-electron chi connectivity index (χ0n) is 12.9. The molecule has 122 valence electrons. The first kappa shape index (κ1) is 15.4. The molecule has 6 nitrogen and oxygen atoms in total. The average Bonchev–Trinajstić information content (AvgIpc) is 2.83. The van der Waals surface area contributed by atoms with Crippen LogP contribution < -0.4 is 4.74 Å². The minimum atomic E-state index is -0.210. The lowest BCUT2D eigenvalue weighted by molar-refractivity contribution is -0.149. The predicted molar refractivity (Wildman–Crippen MR) is 82.1 cm³/mol. The van der Waals surface area contributed by atoms with E-state index in [0.717, 1.165) is 19.4 Å². The van der Waals surface area contributed by atoms with Crippen molar-refractivity contribution in [2.45, 2.75) is 19.8 Å². The summed E-state index contributed by atoms with van der Waals surface area (Å²) in [6.07, 6.45) is 3.31. The van der Waals surface area contributed by atoms with E-state index in [1.807, 2.05) is 4.90 Å². The second kappa shape index (κ2) is 6.32. The predicted octanol–water partition coefficient (Wildman–Crippen LogP) is 2.08. The van der Waals surface area contributed by atoms with Crippen LogP contribution in [0.15, 0.2) is 30.2 Å². The minimum absolute atomic E-state index is 0.0538. The Hall–Kier alpha value is -2.50. The number of hydrogen-bond donors (Lipinski definition) is 1. The third-order valence-electron chi connectivity index (χ3n) is 4.03. The second-order valence-electron chi connectivity index (χ2n) is 5.69. The van der Waals surface area contributed by atoms with E-state index >= 15 is 0 Å². The number of fused-ring (bicyclic) bond motifs is 1. The number of nitrogens with zero attached hydrogens (tertiary/aromatic N) is 1. The van der Waals surface area contributed by atoms with Crippen LogP contribution in [0.1, 0.15) is 30.1 Å². The highest BCUT2D eigenvalue weighted by Crippen LogP contribution is 2.34. The molecule has 0 aliphatic carbocycles. The van der Waals surface area contributed by atoms with Gasteiger partial charge in [-0.05, 0) is 31.9 Å². The molecular formula is C17H19NO5. The highest BCUT2D eigenvalue weighted by atomic mass is 16.5. The third-order valence-corrected chi connectivity index (χ3v) is 4.03. The molecule has 0 unspecified atom stereocenters. The number of aromatic hydroxyl groups is 1. The van der Waals surface area contributed by atoms with Gasteiger partial charge in [0.2, 0.25) is 5.78 Å². The number of hydrogen-bond acceptors (Lipinski definition) is 6. The Kier molecular flexibility index (Phi) is 4.23. The molecule has 0 aromatic heterocycles. The first-order valence-electron chi connectivity index (χ1n) is 7.76. The van der Waals surface area contributed by atoms with Gasteiger partial charge in [-0.25, -0.2) is 0 Å². The molecule has 6 heteroatoms. The van der Waals surface area contributed by atoms with Crippen LogP contribution >= 0.6 is 0 Å². The fraction of sp³-hybridized carbons (Fsp3) is 0.412. The molecule has 0 bridgehead atoms. The van der Waals surface area contributed by atoms with E-state index in [-0.39, 0.29) is 29.2 Å². The van der Waals surface area contributed by atoms with Crippen molar-refractivity contribution < 1.29 is 24.2 Å². The Labute approximate surface area is 134 Å². The molecule has 23 heavy (non-hydrogen) atoms. The number of esters is 1. The summed E-state index contributed by atoms with van der Waals surface area (Å²) in [7, 11) is 0. The summed E-state index contributed by atoms with van der Waals surface area (Å²) >= 11 is 0. The maximum Gasteiger partial charge on any atom is 0.310 e. The number of carbonyl (C=O) groups is 2. The lowest BCUT2D eigenvalue weighted by Crippen LogP contribution is -2.36. The highest BCUT2D eigenvalue weighted by Gasteiger charge is 2.30. The van der Waals surface area contributed by atoms with Crippen molar-refractivity contribution in [2.24, 2.45) is 5.92 Å². The number of allylic oxidation sites excluding steroid dienone is 1. The van der Waals surface area contributed by atoms with Gasteiger partial charge in [-0.3, -0.25) is 9.59 Å². The molecule has 1 fully saturated rings. The first-order valence-corrected chi connectivity index (χ1v) is 7.76. The van der Waals surface area contributed by atoms with Gasteiger partial charge >= 0.3 is 5.97 Å². The largest absolute Gasteiger partial charge is 0.508 e. The Morgan fingerprint density at radius 1 is 1.52 bits per heavy atom. The average molecular weight is 317 g/mol. The number of ether oxygens (including phenoxy) is 2. The molecular weight excluding hydrogens is 298 g/mol. The van der Waals surface area contributed by atoms with E-state index < -0.39 is 0 Å². The molecule has 0 spiro atoms. The van der Waals surface area contributed by atoms with Crippen LogP contribution in [0, 0.1) is 5.92 Å². The van der Waals surface area contributed by atoms with Crippen molar-refractivity contribution in [3.05, 3.63) is 35.7 Å². The molecule has 2 aliphatic heterocycles. The number of phenols is 1. The molecule has 2 aliphatic rings. The number of phenolic OH excluding ortho intramolecular Hbond substituents is 1. The molecule has 0 saturated carbocycles. The number of rotatable bonds is 3. The van der Waals surface area contributed by atoms with E-state index in [2.05, 4.69) is 0 Å². The number of likely N-dealkylation sites (tertiary alicyclic amines) is 1. The van der Waals surface area contributed by atoms with E-state index in [9.17, 15) is 14.7 Å². The van der Waals surface area contributed by atoms with Gasteiger partial charge < -0.3 is 19.5 Å². The molecule has 1 atom stereocenters. The summed E-state index contributed by atoms with van der Waals surface area (Å²) in [4.78, 5) is 26.1. The van der Waals surface area contributed by atoms with Gasteiger partial charge in [-0.1, -0.05) is 0 Å². The topological polar surface area (TPSA) is 76.1 Å². The summed E-state index contributed by atoms with van der Waals surface area (Å²) in [6.45, 7) is 3.44. The molecule has 1 N–H and O–H groups in total. The Morgan fingerprint density at radius 2 is 2.35 bits per heavy atom. The van der Waals surface area contributed by atoms with Gasteiger partial charge in [0.15, 0.2) is 5.76 Å². The third kappa shape index (κ3) is 3.16. The molecule has 0 radical (unpaired) electrons. The standard InChI is InChI=1S/C17H19NO5/c1-2-22-17(21)11-4-3-7-18(9-11)10-15-16(20)13-6-5-12(19)8-14(13)23-15/h5-6,8,10-11,19H,2-4,7,9H2,1H3/b15-10-/t11-/m1/s1. The van der Waals surface area contributed by atoms with Crippen LogP contribution in [0.5, 0.6) is 11.5 Å².